The van der Waals surface area contributed by atoms with Gasteiger partial charge in [-0.05, 0) is 26.2 Å². The van der Waals surface area contributed by atoms with Crippen LogP contribution in [-0.2, 0) is 14.6 Å². The summed E-state index contributed by atoms with van der Waals surface area (Å²) in [4.78, 5) is 12.0. The van der Waals surface area contributed by atoms with Crippen LogP contribution in [0.4, 0.5) is 5.13 Å². The summed E-state index contributed by atoms with van der Waals surface area (Å²) in [5, 5.41) is 15.0. The SMILES string of the molecule is C[C@]1(NC(=O)CSc2nnc(NC3CC3)s2)CCS(=O)(=O)C1. The van der Waals surface area contributed by atoms with Gasteiger partial charge < -0.3 is 10.6 Å². The molecule has 1 aliphatic heterocycles. The third-order valence-electron chi connectivity index (χ3n) is 3.58. The van der Waals surface area contributed by atoms with Gasteiger partial charge in [0.05, 0.1) is 22.8 Å². The average Bonchev–Trinajstić information content (AvgIpc) is 3.03. The second-order valence-corrected chi connectivity index (χ2v) is 10.4. The van der Waals surface area contributed by atoms with Gasteiger partial charge in [-0.1, -0.05) is 23.1 Å². The highest BCUT2D eigenvalue weighted by molar-refractivity contribution is 8.01. The monoisotopic (exact) mass is 362 g/mol. The number of nitrogens with zero attached hydrogens (tertiary/aromatic N) is 2. The van der Waals surface area contributed by atoms with Gasteiger partial charge in [0.15, 0.2) is 14.2 Å². The predicted octanol–water partition coefficient (Wildman–Crippen LogP) is 0.898. The van der Waals surface area contributed by atoms with Crippen molar-refractivity contribution in [1.29, 1.82) is 0 Å². The third-order valence-corrected chi connectivity index (χ3v) is 7.47. The molecule has 2 N–H and O–H groups in total. The Labute approximate surface area is 137 Å². The van der Waals surface area contributed by atoms with E-state index < -0.39 is 15.4 Å². The summed E-state index contributed by atoms with van der Waals surface area (Å²) in [6.07, 6.45) is 2.82. The highest BCUT2D eigenvalue weighted by Gasteiger charge is 2.39. The minimum atomic E-state index is -3.02. The van der Waals surface area contributed by atoms with Crippen LogP contribution in [0.3, 0.4) is 0 Å². The van der Waals surface area contributed by atoms with E-state index in [4.69, 9.17) is 0 Å². The van der Waals surface area contributed by atoms with Crippen LogP contribution in [0.1, 0.15) is 26.2 Å². The molecule has 2 fully saturated rings. The van der Waals surface area contributed by atoms with E-state index in [9.17, 15) is 13.2 Å². The molecule has 2 heterocycles. The first-order chi connectivity index (χ1) is 10.3. The van der Waals surface area contributed by atoms with Gasteiger partial charge in [0.2, 0.25) is 11.0 Å². The lowest BCUT2D eigenvalue weighted by Crippen LogP contribution is -2.47. The zero-order valence-electron chi connectivity index (χ0n) is 12.2. The molecular weight excluding hydrogens is 344 g/mol. The molecule has 1 amide bonds. The zero-order chi connectivity index (χ0) is 15.8. The normalized spacial score (nSPS) is 26.8. The van der Waals surface area contributed by atoms with Crippen LogP contribution in [0, 0.1) is 0 Å². The molecule has 1 aromatic rings. The molecule has 7 nitrogen and oxygen atoms in total. The highest BCUT2D eigenvalue weighted by atomic mass is 32.2. The molecule has 1 aromatic heterocycles. The van der Waals surface area contributed by atoms with Gasteiger partial charge in [0, 0.05) is 6.04 Å². The van der Waals surface area contributed by atoms with Crippen LogP contribution in [0.25, 0.3) is 0 Å². The number of sulfone groups is 1. The Morgan fingerprint density at radius 3 is 2.86 bits per heavy atom. The molecule has 22 heavy (non-hydrogen) atoms. The summed E-state index contributed by atoms with van der Waals surface area (Å²) in [7, 11) is -3.02. The van der Waals surface area contributed by atoms with Gasteiger partial charge >= 0.3 is 0 Å². The van der Waals surface area contributed by atoms with E-state index in [1.165, 1.54) is 35.9 Å². The summed E-state index contributed by atoms with van der Waals surface area (Å²) in [6.45, 7) is 1.78. The zero-order valence-corrected chi connectivity index (χ0v) is 14.6. The molecule has 1 aliphatic carbocycles. The summed E-state index contributed by atoms with van der Waals surface area (Å²) in [6, 6.07) is 0.526. The Balaban J connectivity index is 1.46. The first-order valence-corrected chi connectivity index (χ1v) is 10.7. The lowest BCUT2D eigenvalue weighted by atomic mass is 10.0. The molecule has 0 aromatic carbocycles. The quantitative estimate of drug-likeness (QED) is 0.725. The van der Waals surface area contributed by atoms with Gasteiger partial charge in [-0.15, -0.1) is 10.2 Å². The van der Waals surface area contributed by atoms with E-state index >= 15 is 0 Å². The summed E-state index contributed by atoms with van der Waals surface area (Å²) >= 11 is 2.76. The maximum absolute atomic E-state index is 12.0. The lowest BCUT2D eigenvalue weighted by molar-refractivity contribution is -0.120. The molecule has 1 saturated heterocycles. The summed E-state index contributed by atoms with van der Waals surface area (Å²) in [5.74, 6) is 0.207. The highest BCUT2D eigenvalue weighted by Crippen LogP contribution is 2.30. The molecule has 1 saturated carbocycles. The number of carbonyl (C=O) groups excluding carboxylic acids is 1. The molecule has 3 rings (SSSR count). The maximum atomic E-state index is 12.0. The lowest BCUT2D eigenvalue weighted by Gasteiger charge is -2.23. The number of carbonyl (C=O) groups is 1. The molecule has 0 unspecified atom stereocenters. The van der Waals surface area contributed by atoms with Crippen LogP contribution < -0.4 is 10.6 Å². The van der Waals surface area contributed by atoms with E-state index in [0.717, 1.165) is 9.47 Å². The van der Waals surface area contributed by atoms with Crippen LogP contribution >= 0.6 is 23.1 Å². The summed E-state index contributed by atoms with van der Waals surface area (Å²) < 4.78 is 23.8. The Hall–Kier alpha value is -0.870. The first-order valence-electron chi connectivity index (χ1n) is 7.08. The van der Waals surface area contributed by atoms with Gasteiger partial charge in [-0.3, -0.25) is 4.79 Å². The fraction of sp³-hybridized carbons (Fsp3) is 0.750. The van der Waals surface area contributed by atoms with Gasteiger partial charge in [0.1, 0.15) is 0 Å². The van der Waals surface area contributed by atoms with Crippen molar-refractivity contribution in [2.45, 2.75) is 42.1 Å². The van der Waals surface area contributed by atoms with E-state index in [0.29, 0.717) is 12.5 Å². The Bertz CT molecular complexity index is 671. The number of rotatable bonds is 6. The van der Waals surface area contributed by atoms with Crippen LogP contribution in [0.15, 0.2) is 4.34 Å². The standard InChI is InChI=1S/C12H18N4O3S3/c1-12(4-5-22(18,19)7-12)14-9(17)6-20-11-16-15-10(21-11)13-8-2-3-8/h8H,2-7H2,1H3,(H,13,15)(H,14,17)/t12-/m0/s1. The largest absolute Gasteiger partial charge is 0.357 e. The van der Waals surface area contributed by atoms with Crippen molar-refractivity contribution in [2.75, 3.05) is 22.6 Å². The third kappa shape index (κ3) is 4.32. The van der Waals surface area contributed by atoms with Crippen molar-refractivity contribution in [3.63, 3.8) is 0 Å². The summed E-state index contributed by atoms with van der Waals surface area (Å²) in [5.41, 5.74) is -0.643. The topological polar surface area (TPSA) is 101 Å². The fourth-order valence-electron chi connectivity index (χ4n) is 2.34. The van der Waals surface area contributed by atoms with Gasteiger partial charge in [0.25, 0.3) is 0 Å². The van der Waals surface area contributed by atoms with Gasteiger partial charge in [-0.25, -0.2) is 8.42 Å². The van der Waals surface area contributed by atoms with Crippen molar-refractivity contribution < 1.29 is 13.2 Å². The van der Waals surface area contributed by atoms with Crippen LogP contribution in [-0.4, -0.2) is 53.4 Å². The van der Waals surface area contributed by atoms with Crippen LogP contribution in [0.5, 0.6) is 0 Å². The van der Waals surface area contributed by atoms with Crippen LogP contribution in [0.2, 0.25) is 0 Å². The number of hydrogen-bond acceptors (Lipinski definition) is 8. The van der Waals surface area contributed by atoms with Crippen molar-refractivity contribution in [3.8, 4) is 0 Å². The maximum Gasteiger partial charge on any atom is 0.230 e. The number of nitrogens with one attached hydrogen (secondary N) is 2. The molecule has 122 valence electrons. The van der Waals surface area contributed by atoms with Crippen molar-refractivity contribution >= 4 is 44.0 Å². The Morgan fingerprint density at radius 2 is 2.23 bits per heavy atom. The van der Waals surface area contributed by atoms with Crippen molar-refractivity contribution in [3.05, 3.63) is 0 Å². The first kappa shape index (κ1) is 16.0. The number of thioether (sulfide) groups is 1. The van der Waals surface area contributed by atoms with E-state index in [2.05, 4.69) is 20.8 Å². The molecule has 0 spiro atoms. The Morgan fingerprint density at radius 1 is 1.45 bits per heavy atom. The smallest absolute Gasteiger partial charge is 0.230 e. The van der Waals surface area contributed by atoms with Crippen molar-refractivity contribution in [1.82, 2.24) is 15.5 Å². The molecule has 0 bridgehead atoms. The number of aromatic nitrogens is 2. The van der Waals surface area contributed by atoms with E-state index in [1.807, 2.05) is 0 Å². The average molecular weight is 363 g/mol. The number of anilines is 1. The predicted molar refractivity (Wildman–Crippen MR) is 87.1 cm³/mol. The van der Waals surface area contributed by atoms with Crippen molar-refractivity contribution in [2.24, 2.45) is 0 Å². The Kier molecular flexibility index (Phi) is 4.34. The van der Waals surface area contributed by atoms with Gasteiger partial charge in [-0.2, -0.15) is 0 Å². The molecular formula is C12H18N4O3S3. The fourth-order valence-corrected chi connectivity index (χ4v) is 6.06. The molecule has 2 aliphatic rings. The second-order valence-electron chi connectivity index (χ2n) is 6.03. The molecule has 1 atom stereocenters. The minimum absolute atomic E-state index is 0.0185. The number of hydrogen-bond donors (Lipinski definition) is 2. The number of amides is 1. The second kappa shape index (κ2) is 5.97. The van der Waals surface area contributed by atoms with E-state index in [-0.39, 0.29) is 23.2 Å². The minimum Gasteiger partial charge on any atom is -0.357 e. The van der Waals surface area contributed by atoms with E-state index in [1.54, 1.807) is 6.92 Å². The molecule has 0 radical (unpaired) electrons. The molecule has 10 heteroatoms.